The fourth-order valence-electron chi connectivity index (χ4n) is 3.81. The summed E-state index contributed by atoms with van der Waals surface area (Å²) in [6.45, 7) is 5.01. The number of carbonyl (C=O) groups excluding carboxylic acids is 1. The summed E-state index contributed by atoms with van der Waals surface area (Å²) in [4.78, 5) is 12.1. The van der Waals surface area contributed by atoms with Gasteiger partial charge in [0.25, 0.3) is 0 Å². The Balaban J connectivity index is 1.51. The summed E-state index contributed by atoms with van der Waals surface area (Å²) in [7, 11) is 0. The predicted octanol–water partition coefficient (Wildman–Crippen LogP) is 2.26. The molecular formula is C15H24N4OS. The number of nitrogens with one attached hydrogen (secondary N) is 1. The second-order valence-electron chi connectivity index (χ2n) is 6.13. The lowest BCUT2D eigenvalue weighted by Gasteiger charge is -2.22. The Morgan fingerprint density at radius 3 is 2.81 bits per heavy atom. The van der Waals surface area contributed by atoms with Gasteiger partial charge in [0.05, 0.1) is 5.75 Å². The molecule has 0 aliphatic heterocycles. The van der Waals surface area contributed by atoms with Crippen molar-refractivity contribution < 1.29 is 4.79 Å². The van der Waals surface area contributed by atoms with E-state index in [1.165, 1.54) is 37.4 Å². The minimum Gasteiger partial charge on any atom is -0.352 e. The first-order valence-corrected chi connectivity index (χ1v) is 9.04. The van der Waals surface area contributed by atoms with E-state index in [-0.39, 0.29) is 5.91 Å². The maximum atomic E-state index is 12.1. The zero-order chi connectivity index (χ0) is 14.8. The summed E-state index contributed by atoms with van der Waals surface area (Å²) in [6, 6.07) is 0.423. The molecule has 1 amide bonds. The lowest BCUT2D eigenvalue weighted by Crippen LogP contribution is -2.39. The monoisotopic (exact) mass is 308 g/mol. The van der Waals surface area contributed by atoms with Crippen LogP contribution in [0.4, 0.5) is 0 Å². The van der Waals surface area contributed by atoms with E-state index in [2.05, 4.69) is 33.9 Å². The third-order valence-electron chi connectivity index (χ3n) is 4.84. The molecule has 1 aromatic heterocycles. The van der Waals surface area contributed by atoms with E-state index in [0.717, 1.165) is 35.8 Å². The zero-order valence-electron chi connectivity index (χ0n) is 12.8. The highest BCUT2D eigenvalue weighted by molar-refractivity contribution is 7.99. The van der Waals surface area contributed by atoms with Crippen LogP contribution < -0.4 is 5.32 Å². The number of hydrogen-bond donors (Lipinski definition) is 1. The van der Waals surface area contributed by atoms with Gasteiger partial charge in [-0.1, -0.05) is 25.1 Å². The number of amides is 1. The number of aromatic nitrogens is 3. The number of carbonyl (C=O) groups is 1. The molecule has 0 aromatic carbocycles. The lowest BCUT2D eigenvalue weighted by molar-refractivity contribution is -0.119. The van der Waals surface area contributed by atoms with Crippen molar-refractivity contribution in [1.29, 1.82) is 0 Å². The number of thioether (sulfide) groups is 1. The maximum Gasteiger partial charge on any atom is 0.230 e. The van der Waals surface area contributed by atoms with Crippen LogP contribution in [0.2, 0.25) is 0 Å². The Kier molecular flexibility index (Phi) is 4.52. The zero-order valence-corrected chi connectivity index (χ0v) is 13.7. The molecule has 0 unspecified atom stereocenters. The van der Waals surface area contributed by atoms with Gasteiger partial charge < -0.3 is 9.88 Å². The van der Waals surface area contributed by atoms with Gasteiger partial charge in [-0.2, -0.15) is 0 Å². The Morgan fingerprint density at radius 1 is 1.33 bits per heavy atom. The molecule has 3 rings (SSSR count). The topological polar surface area (TPSA) is 59.8 Å². The van der Waals surface area contributed by atoms with E-state index in [4.69, 9.17) is 0 Å². The van der Waals surface area contributed by atoms with Gasteiger partial charge in [-0.25, -0.2) is 0 Å². The molecule has 1 N–H and O–H groups in total. The highest BCUT2D eigenvalue weighted by Crippen LogP contribution is 2.44. The summed E-state index contributed by atoms with van der Waals surface area (Å²) in [5.41, 5.74) is 0. The number of fused-ring (bicyclic) bond motifs is 2. The average Bonchev–Trinajstić information content (AvgIpc) is 3.19. The summed E-state index contributed by atoms with van der Waals surface area (Å²) in [5, 5.41) is 12.5. The SMILES string of the molecule is CCc1nnc(SCC(=O)N[C@H]2C[C@@H]3CC[C@@H]2C3)n1CC. The van der Waals surface area contributed by atoms with Gasteiger partial charge in [-0.15, -0.1) is 10.2 Å². The Labute approximate surface area is 130 Å². The van der Waals surface area contributed by atoms with E-state index in [1.807, 2.05) is 0 Å². The number of aryl methyl sites for hydroxylation is 1. The van der Waals surface area contributed by atoms with Crippen LogP contribution in [0.15, 0.2) is 5.16 Å². The highest BCUT2D eigenvalue weighted by atomic mass is 32.2. The average molecular weight is 308 g/mol. The molecule has 1 aromatic rings. The molecule has 5 nitrogen and oxygen atoms in total. The van der Waals surface area contributed by atoms with Gasteiger partial charge in [0.15, 0.2) is 5.16 Å². The second-order valence-corrected chi connectivity index (χ2v) is 7.08. The van der Waals surface area contributed by atoms with Crippen LogP contribution >= 0.6 is 11.8 Å². The van der Waals surface area contributed by atoms with Crippen molar-refractivity contribution in [2.45, 2.75) is 63.7 Å². The van der Waals surface area contributed by atoms with Crippen molar-refractivity contribution in [3.05, 3.63) is 5.82 Å². The third-order valence-corrected chi connectivity index (χ3v) is 5.81. The van der Waals surface area contributed by atoms with Gasteiger partial charge in [-0.05, 0) is 38.0 Å². The smallest absolute Gasteiger partial charge is 0.230 e. The molecule has 1 heterocycles. The van der Waals surface area contributed by atoms with Crippen LogP contribution in [0.5, 0.6) is 0 Å². The van der Waals surface area contributed by atoms with E-state index >= 15 is 0 Å². The Bertz CT molecular complexity index is 516. The molecule has 3 atom stereocenters. The van der Waals surface area contributed by atoms with Crippen molar-refractivity contribution in [2.24, 2.45) is 11.8 Å². The van der Waals surface area contributed by atoms with Crippen LogP contribution in [-0.4, -0.2) is 32.5 Å². The lowest BCUT2D eigenvalue weighted by atomic mass is 9.95. The van der Waals surface area contributed by atoms with E-state index in [0.29, 0.717) is 11.8 Å². The van der Waals surface area contributed by atoms with Gasteiger partial charge in [0, 0.05) is 19.0 Å². The van der Waals surface area contributed by atoms with Crippen molar-refractivity contribution in [1.82, 2.24) is 20.1 Å². The normalized spacial score (nSPS) is 27.2. The first-order valence-electron chi connectivity index (χ1n) is 8.05. The first kappa shape index (κ1) is 14.9. The molecule has 2 fully saturated rings. The minimum absolute atomic E-state index is 0.140. The Hall–Kier alpha value is -1.04. The van der Waals surface area contributed by atoms with Crippen molar-refractivity contribution in [3.8, 4) is 0 Å². The molecule has 0 spiro atoms. The fourth-order valence-corrected chi connectivity index (χ4v) is 4.64. The van der Waals surface area contributed by atoms with Crippen molar-refractivity contribution in [2.75, 3.05) is 5.75 Å². The number of nitrogens with zero attached hydrogens (tertiary/aromatic N) is 3. The molecule has 0 saturated heterocycles. The quantitative estimate of drug-likeness (QED) is 0.819. The Morgan fingerprint density at radius 2 is 2.19 bits per heavy atom. The molecule has 21 heavy (non-hydrogen) atoms. The molecule has 2 aliphatic rings. The molecule has 116 valence electrons. The van der Waals surface area contributed by atoms with Gasteiger partial charge in [-0.3, -0.25) is 4.79 Å². The van der Waals surface area contributed by atoms with Crippen molar-refractivity contribution >= 4 is 17.7 Å². The maximum absolute atomic E-state index is 12.1. The van der Waals surface area contributed by atoms with E-state index < -0.39 is 0 Å². The minimum atomic E-state index is 0.140. The van der Waals surface area contributed by atoms with Crippen LogP contribution in [0.1, 0.15) is 45.4 Å². The molecule has 2 saturated carbocycles. The summed E-state index contributed by atoms with van der Waals surface area (Å²) < 4.78 is 2.09. The highest BCUT2D eigenvalue weighted by Gasteiger charge is 2.39. The largest absolute Gasteiger partial charge is 0.352 e. The van der Waals surface area contributed by atoms with Crippen LogP contribution in [-0.2, 0) is 17.8 Å². The second kappa shape index (κ2) is 6.38. The van der Waals surface area contributed by atoms with Gasteiger partial charge in [0.1, 0.15) is 5.82 Å². The predicted molar refractivity (Wildman–Crippen MR) is 83.2 cm³/mol. The molecule has 6 heteroatoms. The van der Waals surface area contributed by atoms with Crippen LogP contribution in [0.3, 0.4) is 0 Å². The van der Waals surface area contributed by atoms with Crippen LogP contribution in [0, 0.1) is 11.8 Å². The first-order chi connectivity index (χ1) is 10.2. The van der Waals surface area contributed by atoms with E-state index in [1.54, 1.807) is 0 Å². The molecular weight excluding hydrogens is 284 g/mol. The van der Waals surface area contributed by atoms with Crippen molar-refractivity contribution in [3.63, 3.8) is 0 Å². The van der Waals surface area contributed by atoms with Crippen LogP contribution in [0.25, 0.3) is 0 Å². The summed E-state index contributed by atoms with van der Waals surface area (Å²) in [5.74, 6) is 3.17. The third kappa shape index (κ3) is 3.10. The summed E-state index contributed by atoms with van der Waals surface area (Å²) >= 11 is 1.50. The van der Waals surface area contributed by atoms with Gasteiger partial charge in [0.2, 0.25) is 5.91 Å². The fraction of sp³-hybridized carbons (Fsp3) is 0.800. The van der Waals surface area contributed by atoms with Gasteiger partial charge >= 0.3 is 0 Å². The van der Waals surface area contributed by atoms with E-state index in [9.17, 15) is 4.79 Å². The number of hydrogen-bond acceptors (Lipinski definition) is 4. The molecule has 0 radical (unpaired) electrons. The standard InChI is InChI=1S/C15H24N4OS/c1-3-13-17-18-15(19(13)4-2)21-9-14(20)16-12-8-10-5-6-11(12)7-10/h10-12H,3-9H2,1-2H3,(H,16,20)/t10-,11-,12+/m1/s1. The number of rotatable bonds is 6. The molecule has 2 bridgehead atoms. The molecule has 2 aliphatic carbocycles. The summed E-state index contributed by atoms with van der Waals surface area (Å²) in [6.07, 6.45) is 6.05.